The van der Waals surface area contributed by atoms with Crippen molar-refractivity contribution in [1.29, 1.82) is 0 Å². The second-order valence-corrected chi connectivity index (χ2v) is 9.85. The highest BCUT2D eigenvalue weighted by Gasteiger charge is 2.39. The number of hydrogen-bond donors (Lipinski definition) is 1. The summed E-state index contributed by atoms with van der Waals surface area (Å²) in [6.07, 6.45) is 3.86. The van der Waals surface area contributed by atoms with Crippen molar-refractivity contribution in [2.24, 2.45) is 5.92 Å². The number of oxazole rings is 1. The molecular formula is C28H31FN4O4. The van der Waals surface area contributed by atoms with E-state index in [1.165, 1.54) is 18.4 Å². The van der Waals surface area contributed by atoms with Gasteiger partial charge in [-0.2, -0.15) is 0 Å². The van der Waals surface area contributed by atoms with E-state index in [9.17, 15) is 14.0 Å². The molecule has 0 bridgehead atoms. The Hall–Kier alpha value is -3.72. The van der Waals surface area contributed by atoms with E-state index in [1.54, 1.807) is 6.07 Å². The molecule has 37 heavy (non-hydrogen) atoms. The van der Waals surface area contributed by atoms with Crippen LogP contribution in [0.5, 0.6) is 5.75 Å². The highest BCUT2D eigenvalue weighted by atomic mass is 19.1. The summed E-state index contributed by atoms with van der Waals surface area (Å²) in [4.78, 5) is 33.5. The number of fused-ring (bicyclic) bond motifs is 1. The highest BCUT2D eigenvalue weighted by Crippen LogP contribution is 2.41. The van der Waals surface area contributed by atoms with Crippen molar-refractivity contribution in [3.05, 3.63) is 82.8 Å². The number of nitrogens with zero attached hydrogens (tertiary/aromatic N) is 3. The number of rotatable bonds is 9. The minimum absolute atomic E-state index is 0.0408. The highest BCUT2D eigenvalue weighted by molar-refractivity contribution is 5.91. The molecule has 1 unspecified atom stereocenters. The molecule has 1 aliphatic carbocycles. The van der Waals surface area contributed by atoms with E-state index in [-0.39, 0.29) is 47.8 Å². The Morgan fingerprint density at radius 3 is 2.81 bits per heavy atom. The molecule has 0 saturated heterocycles. The molecule has 3 aromatic rings. The normalized spacial score (nSPS) is 17.0. The van der Waals surface area contributed by atoms with Gasteiger partial charge in [-0.15, -0.1) is 0 Å². The quantitative estimate of drug-likeness (QED) is 0.478. The van der Waals surface area contributed by atoms with E-state index in [0.29, 0.717) is 18.8 Å². The molecular weight excluding hydrogens is 475 g/mol. The summed E-state index contributed by atoms with van der Waals surface area (Å²) in [5.41, 5.74) is 2.97. The molecule has 2 aliphatic rings. The smallest absolute Gasteiger partial charge is 0.273 e. The van der Waals surface area contributed by atoms with Crippen molar-refractivity contribution in [1.82, 2.24) is 20.1 Å². The molecule has 0 spiro atoms. The molecule has 1 fully saturated rings. The summed E-state index contributed by atoms with van der Waals surface area (Å²) < 4.78 is 25.6. The molecule has 1 atom stereocenters. The third-order valence-corrected chi connectivity index (χ3v) is 6.71. The molecule has 1 aliphatic heterocycles. The van der Waals surface area contributed by atoms with Crippen LogP contribution in [0.2, 0.25) is 0 Å². The van der Waals surface area contributed by atoms with Crippen molar-refractivity contribution in [2.75, 3.05) is 33.7 Å². The second-order valence-electron chi connectivity index (χ2n) is 9.85. The monoisotopic (exact) mass is 506 g/mol. The molecule has 1 N–H and O–H groups in total. The number of carbonyl (C=O) groups excluding carboxylic acids is 2. The van der Waals surface area contributed by atoms with Gasteiger partial charge in [0, 0.05) is 25.6 Å². The van der Waals surface area contributed by atoms with E-state index in [1.807, 2.05) is 48.2 Å². The minimum Gasteiger partial charge on any atom is -0.484 e. The zero-order chi connectivity index (χ0) is 25.9. The van der Waals surface area contributed by atoms with Gasteiger partial charge < -0.3 is 24.3 Å². The summed E-state index contributed by atoms with van der Waals surface area (Å²) in [6, 6.07) is 11.8. The van der Waals surface area contributed by atoms with Gasteiger partial charge in [0.25, 0.3) is 5.91 Å². The first-order chi connectivity index (χ1) is 17.9. The lowest BCUT2D eigenvalue weighted by molar-refractivity contribution is -0.134. The van der Waals surface area contributed by atoms with E-state index in [2.05, 4.69) is 10.3 Å². The van der Waals surface area contributed by atoms with Crippen LogP contribution in [0, 0.1) is 11.7 Å². The summed E-state index contributed by atoms with van der Waals surface area (Å²) in [7, 11) is 3.86. The van der Waals surface area contributed by atoms with Crippen molar-refractivity contribution < 1.29 is 23.1 Å². The third kappa shape index (κ3) is 5.83. The minimum atomic E-state index is -0.379. The second kappa shape index (κ2) is 10.7. The number of nitrogens with one attached hydrogen (secondary N) is 1. The Morgan fingerprint density at radius 2 is 2.05 bits per heavy atom. The van der Waals surface area contributed by atoms with Gasteiger partial charge in [0.2, 0.25) is 11.8 Å². The Bertz CT molecular complexity index is 1290. The van der Waals surface area contributed by atoms with Crippen LogP contribution in [-0.4, -0.2) is 60.3 Å². The van der Waals surface area contributed by atoms with Crippen LogP contribution in [0.3, 0.4) is 0 Å². The van der Waals surface area contributed by atoms with E-state index >= 15 is 0 Å². The van der Waals surface area contributed by atoms with Gasteiger partial charge in [-0.25, -0.2) is 9.37 Å². The van der Waals surface area contributed by atoms with Gasteiger partial charge in [0.15, 0.2) is 12.3 Å². The summed E-state index contributed by atoms with van der Waals surface area (Å²) in [6.45, 7) is 1.86. The maximum atomic E-state index is 14.2. The summed E-state index contributed by atoms with van der Waals surface area (Å²) in [5.74, 6) is 0.419. The zero-order valence-electron chi connectivity index (χ0n) is 21.1. The Labute approximate surface area is 215 Å². The van der Waals surface area contributed by atoms with Crippen LogP contribution in [0.15, 0.2) is 53.1 Å². The lowest BCUT2D eigenvalue weighted by atomic mass is 9.87. The molecule has 9 heteroatoms. The lowest BCUT2D eigenvalue weighted by Gasteiger charge is -2.38. The SMILES string of the molecule is CN(C)CCNC(=O)c1coc(COc2ccc3c(c2)C(c2cccc(F)c2)N(C(=O)C2CC2)CC3)n1. The van der Waals surface area contributed by atoms with Gasteiger partial charge in [-0.05, 0) is 74.3 Å². The van der Waals surface area contributed by atoms with Crippen LogP contribution < -0.4 is 10.1 Å². The molecule has 194 valence electrons. The fraction of sp³-hybridized carbons (Fsp3) is 0.393. The number of ether oxygens (including phenoxy) is 1. The largest absolute Gasteiger partial charge is 0.484 e. The van der Waals surface area contributed by atoms with Gasteiger partial charge in [-0.1, -0.05) is 18.2 Å². The van der Waals surface area contributed by atoms with Crippen LogP contribution in [-0.2, 0) is 17.8 Å². The average molecular weight is 507 g/mol. The maximum Gasteiger partial charge on any atom is 0.273 e. The van der Waals surface area contributed by atoms with Crippen LogP contribution >= 0.6 is 0 Å². The lowest BCUT2D eigenvalue weighted by Crippen LogP contribution is -2.41. The fourth-order valence-corrected chi connectivity index (χ4v) is 4.63. The Kier molecular flexibility index (Phi) is 7.23. The number of aromatic nitrogens is 1. The number of carbonyl (C=O) groups is 2. The predicted octanol–water partition coefficient (Wildman–Crippen LogP) is 3.57. The van der Waals surface area contributed by atoms with Crippen LogP contribution in [0.1, 0.15) is 52.0 Å². The van der Waals surface area contributed by atoms with Gasteiger partial charge in [0.1, 0.15) is 17.8 Å². The maximum absolute atomic E-state index is 14.2. The number of benzene rings is 2. The molecule has 8 nitrogen and oxygen atoms in total. The van der Waals surface area contributed by atoms with Crippen molar-refractivity contribution >= 4 is 11.8 Å². The Balaban J connectivity index is 1.32. The number of likely N-dealkylation sites (N-methyl/N-ethyl adjacent to an activating group) is 1. The molecule has 5 rings (SSSR count). The van der Waals surface area contributed by atoms with E-state index in [4.69, 9.17) is 9.15 Å². The number of amides is 2. The molecule has 0 radical (unpaired) electrons. The van der Waals surface area contributed by atoms with Gasteiger partial charge >= 0.3 is 0 Å². The van der Waals surface area contributed by atoms with Crippen molar-refractivity contribution in [3.8, 4) is 5.75 Å². The molecule has 1 aromatic heterocycles. The fourth-order valence-electron chi connectivity index (χ4n) is 4.63. The van der Waals surface area contributed by atoms with Crippen LogP contribution in [0.25, 0.3) is 0 Å². The van der Waals surface area contributed by atoms with Crippen molar-refractivity contribution in [3.63, 3.8) is 0 Å². The first kappa shape index (κ1) is 25.0. The number of hydrogen-bond acceptors (Lipinski definition) is 6. The van der Waals surface area contributed by atoms with E-state index < -0.39 is 0 Å². The molecule has 1 saturated carbocycles. The summed E-state index contributed by atoms with van der Waals surface area (Å²) >= 11 is 0. The average Bonchev–Trinajstić information content (AvgIpc) is 3.63. The van der Waals surface area contributed by atoms with E-state index in [0.717, 1.165) is 42.5 Å². The first-order valence-corrected chi connectivity index (χ1v) is 12.6. The molecule has 2 amide bonds. The zero-order valence-corrected chi connectivity index (χ0v) is 21.1. The van der Waals surface area contributed by atoms with Gasteiger partial charge in [-0.3, -0.25) is 9.59 Å². The van der Waals surface area contributed by atoms with Gasteiger partial charge in [0.05, 0.1) is 6.04 Å². The third-order valence-electron chi connectivity index (χ3n) is 6.71. The predicted molar refractivity (Wildman–Crippen MR) is 135 cm³/mol. The molecule has 2 heterocycles. The summed E-state index contributed by atoms with van der Waals surface area (Å²) in [5, 5.41) is 2.80. The standard InChI is InChI=1S/C28H31FN4O4/c1-32(2)13-11-30-27(34)24-16-37-25(31-24)17-36-22-9-8-18-10-12-33(28(35)19-6-7-19)26(23(18)15-22)20-4-3-5-21(29)14-20/h3-5,8-9,14-16,19,26H,6-7,10-13,17H2,1-2H3,(H,30,34). The Morgan fingerprint density at radius 1 is 1.22 bits per heavy atom. The topological polar surface area (TPSA) is 87.9 Å². The van der Waals surface area contributed by atoms with Crippen molar-refractivity contribution in [2.45, 2.75) is 31.9 Å². The first-order valence-electron chi connectivity index (χ1n) is 12.6. The number of halogens is 1. The van der Waals surface area contributed by atoms with Crippen LogP contribution in [0.4, 0.5) is 4.39 Å². The molecule has 2 aromatic carbocycles.